The van der Waals surface area contributed by atoms with Crippen molar-refractivity contribution in [2.75, 3.05) is 18.0 Å². The van der Waals surface area contributed by atoms with E-state index in [2.05, 4.69) is 61.4 Å². The number of hydrogen-bond acceptors (Lipinski definition) is 2. The summed E-state index contributed by atoms with van der Waals surface area (Å²) >= 11 is 0. The van der Waals surface area contributed by atoms with Gasteiger partial charge in [0.2, 0.25) is 0 Å². The first-order chi connectivity index (χ1) is 13.4. The second kappa shape index (κ2) is 10.4. The van der Waals surface area contributed by atoms with Gasteiger partial charge in [-0.05, 0) is 57.9 Å². The molecule has 1 unspecified atom stereocenters. The Bertz CT molecular complexity index is 757. The van der Waals surface area contributed by atoms with Crippen LogP contribution in [0.4, 0.5) is 5.69 Å². The number of amides is 1. The summed E-state index contributed by atoms with van der Waals surface area (Å²) in [4.78, 5) is 14.3. The minimum Gasteiger partial charge on any atom is -0.372 e. The molecule has 1 aromatic carbocycles. The van der Waals surface area contributed by atoms with E-state index in [4.69, 9.17) is 5.73 Å². The van der Waals surface area contributed by atoms with Crippen molar-refractivity contribution in [2.45, 2.75) is 72.8 Å². The predicted molar refractivity (Wildman–Crippen MR) is 120 cm³/mol. The lowest BCUT2D eigenvalue weighted by molar-refractivity contribution is 0.0999. The van der Waals surface area contributed by atoms with Crippen molar-refractivity contribution in [1.82, 2.24) is 4.57 Å². The summed E-state index contributed by atoms with van der Waals surface area (Å²) in [5.41, 5.74) is 10.7. The third-order valence-corrected chi connectivity index (χ3v) is 5.77. The number of rotatable bonds is 11. The highest BCUT2D eigenvalue weighted by molar-refractivity contribution is 5.95. The van der Waals surface area contributed by atoms with Crippen molar-refractivity contribution < 1.29 is 4.79 Å². The number of unbranched alkanes of at least 4 members (excludes halogenated alkanes) is 3. The topological polar surface area (TPSA) is 51.3 Å². The largest absolute Gasteiger partial charge is 0.372 e. The van der Waals surface area contributed by atoms with Crippen LogP contribution in [0.1, 0.15) is 81.9 Å². The summed E-state index contributed by atoms with van der Waals surface area (Å²) < 4.78 is 2.30. The molecule has 2 N–H and O–H groups in total. The van der Waals surface area contributed by atoms with Crippen LogP contribution in [0.15, 0.2) is 30.3 Å². The molecular weight excluding hydrogens is 346 g/mol. The fraction of sp³-hybridized carbons (Fsp3) is 0.542. The van der Waals surface area contributed by atoms with Crippen LogP contribution in [-0.4, -0.2) is 23.6 Å². The summed E-state index contributed by atoms with van der Waals surface area (Å²) in [5.74, 6) is -0.351. The molecule has 0 bridgehead atoms. The molecular formula is C24H37N3O. The zero-order valence-corrected chi connectivity index (χ0v) is 18.3. The molecule has 0 fully saturated rings. The second-order valence-corrected chi connectivity index (χ2v) is 7.68. The van der Waals surface area contributed by atoms with E-state index in [1.807, 2.05) is 13.0 Å². The number of hydrogen-bond donors (Lipinski definition) is 1. The van der Waals surface area contributed by atoms with Crippen LogP contribution in [0.5, 0.6) is 0 Å². The number of primary amides is 1. The molecule has 1 aromatic heterocycles. The highest BCUT2D eigenvalue weighted by Crippen LogP contribution is 2.32. The maximum atomic E-state index is 12.0. The molecule has 0 aliphatic rings. The second-order valence-electron chi connectivity index (χ2n) is 7.68. The van der Waals surface area contributed by atoms with Crippen LogP contribution in [0.25, 0.3) is 11.3 Å². The Balaban J connectivity index is 2.37. The first kappa shape index (κ1) is 22.1. The van der Waals surface area contributed by atoms with Crippen LogP contribution in [0.2, 0.25) is 0 Å². The van der Waals surface area contributed by atoms with Gasteiger partial charge in [-0.15, -0.1) is 0 Å². The van der Waals surface area contributed by atoms with E-state index in [9.17, 15) is 4.79 Å². The van der Waals surface area contributed by atoms with Crippen LogP contribution >= 0.6 is 0 Å². The van der Waals surface area contributed by atoms with Crippen LogP contribution in [0.3, 0.4) is 0 Å². The average molecular weight is 384 g/mol. The molecule has 4 nitrogen and oxygen atoms in total. The molecule has 0 aliphatic carbocycles. The first-order valence-electron chi connectivity index (χ1n) is 10.8. The molecule has 1 amide bonds. The van der Waals surface area contributed by atoms with E-state index < -0.39 is 0 Å². The smallest absolute Gasteiger partial charge is 0.250 e. The number of carbonyl (C=O) groups excluding carboxylic acids is 1. The Labute approximate surface area is 170 Å². The van der Waals surface area contributed by atoms with Gasteiger partial charge in [-0.1, -0.05) is 44.7 Å². The number of anilines is 1. The van der Waals surface area contributed by atoms with Gasteiger partial charge in [0.25, 0.3) is 5.91 Å². The van der Waals surface area contributed by atoms with Gasteiger partial charge in [0, 0.05) is 36.2 Å². The highest BCUT2D eigenvalue weighted by atomic mass is 16.1. The maximum absolute atomic E-state index is 12.0. The van der Waals surface area contributed by atoms with Crippen LogP contribution in [-0.2, 0) is 0 Å². The number of aromatic nitrogens is 1. The number of carbonyl (C=O) groups is 1. The molecule has 0 spiro atoms. The van der Waals surface area contributed by atoms with E-state index in [1.165, 1.54) is 31.4 Å². The third-order valence-electron chi connectivity index (χ3n) is 5.77. The standard InChI is InChI=1S/C24H37N3O/c1-6-9-10-11-12-18(4)27-19(5)22(24(25)28)17-23(27)20-13-15-21(16-14-20)26(7-2)8-3/h13-18H,6-12H2,1-5H3,(H2,25,28). The lowest BCUT2D eigenvalue weighted by atomic mass is 10.1. The number of benzene rings is 1. The lowest BCUT2D eigenvalue weighted by Crippen LogP contribution is -2.21. The van der Waals surface area contributed by atoms with E-state index in [0.717, 1.165) is 36.5 Å². The minimum atomic E-state index is -0.351. The van der Waals surface area contributed by atoms with E-state index in [0.29, 0.717) is 11.6 Å². The number of nitrogens with zero attached hydrogens (tertiary/aromatic N) is 2. The lowest BCUT2D eigenvalue weighted by Gasteiger charge is -2.22. The van der Waals surface area contributed by atoms with Crippen molar-refractivity contribution in [3.63, 3.8) is 0 Å². The Hall–Kier alpha value is -2.23. The van der Waals surface area contributed by atoms with Gasteiger partial charge in [-0.3, -0.25) is 4.79 Å². The van der Waals surface area contributed by atoms with Gasteiger partial charge in [-0.25, -0.2) is 0 Å². The normalized spacial score (nSPS) is 12.2. The fourth-order valence-electron chi connectivity index (χ4n) is 4.09. The van der Waals surface area contributed by atoms with Gasteiger partial charge >= 0.3 is 0 Å². The first-order valence-corrected chi connectivity index (χ1v) is 10.8. The summed E-state index contributed by atoms with van der Waals surface area (Å²) in [6.45, 7) is 12.8. The Morgan fingerprint density at radius 3 is 2.25 bits per heavy atom. The molecule has 28 heavy (non-hydrogen) atoms. The molecule has 4 heteroatoms. The summed E-state index contributed by atoms with van der Waals surface area (Å²) in [6.07, 6.45) is 6.10. The molecule has 0 saturated heterocycles. The summed E-state index contributed by atoms with van der Waals surface area (Å²) in [5, 5.41) is 0. The van der Waals surface area contributed by atoms with Crippen molar-refractivity contribution in [3.05, 3.63) is 41.6 Å². The molecule has 2 aromatic rings. The highest BCUT2D eigenvalue weighted by Gasteiger charge is 2.20. The monoisotopic (exact) mass is 383 g/mol. The molecule has 154 valence electrons. The quantitative estimate of drug-likeness (QED) is 0.488. The van der Waals surface area contributed by atoms with Gasteiger partial charge in [0.1, 0.15) is 0 Å². The summed E-state index contributed by atoms with van der Waals surface area (Å²) in [6, 6.07) is 11.0. The molecule has 0 radical (unpaired) electrons. The van der Waals surface area contributed by atoms with Gasteiger partial charge in [0.15, 0.2) is 0 Å². The minimum absolute atomic E-state index is 0.336. The van der Waals surface area contributed by atoms with Crippen LogP contribution in [0, 0.1) is 6.92 Å². The predicted octanol–water partition coefficient (Wildman–Crippen LogP) is 5.94. The van der Waals surface area contributed by atoms with Crippen molar-refractivity contribution in [2.24, 2.45) is 5.73 Å². The Kier molecular flexibility index (Phi) is 8.16. The SMILES string of the molecule is CCCCCCC(C)n1c(-c2ccc(N(CC)CC)cc2)cc(C(N)=O)c1C. The van der Waals surface area contributed by atoms with E-state index in [-0.39, 0.29) is 5.91 Å². The van der Waals surface area contributed by atoms with Gasteiger partial charge in [-0.2, -0.15) is 0 Å². The Morgan fingerprint density at radius 2 is 1.71 bits per heavy atom. The molecule has 1 atom stereocenters. The van der Waals surface area contributed by atoms with Crippen molar-refractivity contribution in [1.29, 1.82) is 0 Å². The van der Waals surface area contributed by atoms with Crippen molar-refractivity contribution in [3.8, 4) is 11.3 Å². The molecule has 0 aliphatic heterocycles. The van der Waals surface area contributed by atoms with Gasteiger partial charge < -0.3 is 15.2 Å². The number of nitrogens with two attached hydrogens (primary N) is 1. The zero-order chi connectivity index (χ0) is 20.7. The molecule has 0 saturated carbocycles. The van der Waals surface area contributed by atoms with E-state index in [1.54, 1.807) is 0 Å². The fourth-order valence-corrected chi connectivity index (χ4v) is 4.09. The Morgan fingerprint density at radius 1 is 1.07 bits per heavy atom. The van der Waals surface area contributed by atoms with Crippen molar-refractivity contribution >= 4 is 11.6 Å². The molecule has 2 rings (SSSR count). The third kappa shape index (κ3) is 4.98. The maximum Gasteiger partial charge on any atom is 0.250 e. The molecule has 1 heterocycles. The van der Waals surface area contributed by atoms with Crippen LogP contribution < -0.4 is 10.6 Å². The zero-order valence-electron chi connectivity index (χ0n) is 18.3. The van der Waals surface area contributed by atoms with Gasteiger partial charge in [0.05, 0.1) is 5.56 Å². The average Bonchev–Trinajstić information content (AvgIpc) is 3.04. The van der Waals surface area contributed by atoms with E-state index >= 15 is 0 Å². The summed E-state index contributed by atoms with van der Waals surface area (Å²) in [7, 11) is 0.